The Morgan fingerprint density at radius 2 is 2.00 bits per heavy atom. The maximum absolute atomic E-state index is 5.75. The first kappa shape index (κ1) is 13.5. The molecule has 0 aliphatic heterocycles. The third-order valence-corrected chi connectivity index (χ3v) is 2.84. The first-order chi connectivity index (χ1) is 7.65. The molecule has 0 spiro atoms. The predicted octanol–water partition coefficient (Wildman–Crippen LogP) is 3.99. The van der Waals surface area contributed by atoms with Crippen molar-refractivity contribution in [2.24, 2.45) is 0 Å². The van der Waals surface area contributed by atoms with Crippen LogP contribution in [-0.4, -0.2) is 20.3 Å². The molecule has 0 aliphatic carbocycles. The second-order valence-corrected chi connectivity index (χ2v) is 4.95. The lowest BCUT2D eigenvalue weighted by molar-refractivity contribution is 0.171. The standard InChI is InChI=1S/C13H19BrO2/c1-10(2)12-9-11(14)5-6-13(12)16-8-4-7-15-3/h5-6,9-10H,4,7-8H2,1-3H3. The van der Waals surface area contributed by atoms with Gasteiger partial charge in [0, 0.05) is 24.6 Å². The molecule has 0 aromatic heterocycles. The molecule has 3 heteroatoms. The van der Waals surface area contributed by atoms with E-state index in [9.17, 15) is 0 Å². The Kier molecular flexibility index (Phi) is 5.85. The van der Waals surface area contributed by atoms with Crippen molar-refractivity contribution < 1.29 is 9.47 Å². The van der Waals surface area contributed by atoms with E-state index in [-0.39, 0.29) is 0 Å². The maximum atomic E-state index is 5.75. The Morgan fingerprint density at radius 1 is 1.25 bits per heavy atom. The summed E-state index contributed by atoms with van der Waals surface area (Å²) in [5, 5.41) is 0. The number of halogens is 1. The van der Waals surface area contributed by atoms with Crippen molar-refractivity contribution in [3.8, 4) is 5.75 Å². The van der Waals surface area contributed by atoms with Gasteiger partial charge >= 0.3 is 0 Å². The molecule has 0 atom stereocenters. The Balaban J connectivity index is 2.64. The third-order valence-electron chi connectivity index (χ3n) is 2.34. The summed E-state index contributed by atoms with van der Waals surface area (Å²) in [5.74, 6) is 1.45. The van der Waals surface area contributed by atoms with Gasteiger partial charge in [-0.1, -0.05) is 29.8 Å². The van der Waals surface area contributed by atoms with Gasteiger partial charge in [-0.3, -0.25) is 0 Å². The van der Waals surface area contributed by atoms with Crippen molar-refractivity contribution in [1.82, 2.24) is 0 Å². The molecular formula is C13H19BrO2. The fourth-order valence-electron chi connectivity index (χ4n) is 1.49. The van der Waals surface area contributed by atoms with Gasteiger partial charge in [-0.15, -0.1) is 0 Å². The summed E-state index contributed by atoms with van der Waals surface area (Å²) in [6, 6.07) is 6.15. The van der Waals surface area contributed by atoms with Gasteiger partial charge < -0.3 is 9.47 Å². The summed E-state index contributed by atoms with van der Waals surface area (Å²) >= 11 is 3.48. The van der Waals surface area contributed by atoms with Crippen LogP contribution in [0, 0.1) is 0 Å². The maximum Gasteiger partial charge on any atom is 0.122 e. The predicted molar refractivity (Wildman–Crippen MR) is 70.2 cm³/mol. The zero-order chi connectivity index (χ0) is 12.0. The number of ether oxygens (including phenoxy) is 2. The van der Waals surface area contributed by atoms with Crippen LogP contribution in [0.1, 0.15) is 31.7 Å². The molecule has 2 nitrogen and oxygen atoms in total. The minimum Gasteiger partial charge on any atom is -0.493 e. The van der Waals surface area contributed by atoms with E-state index in [1.165, 1.54) is 5.56 Å². The van der Waals surface area contributed by atoms with E-state index in [4.69, 9.17) is 9.47 Å². The minimum atomic E-state index is 0.468. The number of methoxy groups -OCH3 is 1. The van der Waals surface area contributed by atoms with E-state index in [0.29, 0.717) is 12.5 Å². The summed E-state index contributed by atoms with van der Waals surface area (Å²) in [6.45, 7) is 5.79. The molecule has 0 aliphatic rings. The van der Waals surface area contributed by atoms with E-state index < -0.39 is 0 Å². The van der Waals surface area contributed by atoms with Crippen molar-refractivity contribution in [2.45, 2.75) is 26.2 Å². The van der Waals surface area contributed by atoms with Crippen LogP contribution in [0.3, 0.4) is 0 Å². The molecule has 0 saturated carbocycles. The Morgan fingerprint density at radius 3 is 2.62 bits per heavy atom. The van der Waals surface area contributed by atoms with Crippen LogP contribution in [0.4, 0.5) is 0 Å². The van der Waals surface area contributed by atoms with E-state index in [1.54, 1.807) is 7.11 Å². The molecular weight excluding hydrogens is 268 g/mol. The lowest BCUT2D eigenvalue weighted by atomic mass is 10.0. The van der Waals surface area contributed by atoms with Gasteiger partial charge in [0.15, 0.2) is 0 Å². The van der Waals surface area contributed by atoms with Crippen molar-refractivity contribution >= 4 is 15.9 Å². The van der Waals surface area contributed by atoms with Gasteiger partial charge in [-0.2, -0.15) is 0 Å². The van der Waals surface area contributed by atoms with Crippen LogP contribution in [0.15, 0.2) is 22.7 Å². The van der Waals surface area contributed by atoms with Crippen molar-refractivity contribution in [3.05, 3.63) is 28.2 Å². The number of benzene rings is 1. The largest absolute Gasteiger partial charge is 0.493 e. The smallest absolute Gasteiger partial charge is 0.122 e. The molecule has 0 heterocycles. The highest BCUT2D eigenvalue weighted by Crippen LogP contribution is 2.29. The zero-order valence-corrected chi connectivity index (χ0v) is 11.7. The van der Waals surface area contributed by atoms with Gasteiger partial charge in [0.25, 0.3) is 0 Å². The van der Waals surface area contributed by atoms with Gasteiger partial charge in [0.1, 0.15) is 5.75 Å². The van der Waals surface area contributed by atoms with Gasteiger partial charge in [0.05, 0.1) is 6.61 Å². The van der Waals surface area contributed by atoms with Crippen molar-refractivity contribution in [1.29, 1.82) is 0 Å². The molecule has 0 bridgehead atoms. The SMILES string of the molecule is COCCCOc1ccc(Br)cc1C(C)C. The van der Waals surface area contributed by atoms with Crippen molar-refractivity contribution in [3.63, 3.8) is 0 Å². The molecule has 0 unspecified atom stereocenters. The number of hydrogen-bond acceptors (Lipinski definition) is 2. The molecule has 90 valence electrons. The fraction of sp³-hybridized carbons (Fsp3) is 0.538. The number of hydrogen-bond donors (Lipinski definition) is 0. The molecule has 0 fully saturated rings. The second kappa shape index (κ2) is 6.92. The lowest BCUT2D eigenvalue weighted by Gasteiger charge is -2.14. The average molecular weight is 287 g/mol. The summed E-state index contributed by atoms with van der Waals surface area (Å²) < 4.78 is 11.8. The van der Waals surface area contributed by atoms with Crippen LogP contribution in [0.2, 0.25) is 0 Å². The lowest BCUT2D eigenvalue weighted by Crippen LogP contribution is -2.04. The third kappa shape index (κ3) is 4.14. The summed E-state index contributed by atoms with van der Waals surface area (Å²) in [4.78, 5) is 0. The Labute approximate surface area is 106 Å². The van der Waals surface area contributed by atoms with E-state index in [1.807, 2.05) is 12.1 Å². The molecule has 1 aromatic rings. The summed E-state index contributed by atoms with van der Waals surface area (Å²) in [7, 11) is 1.71. The highest BCUT2D eigenvalue weighted by molar-refractivity contribution is 9.10. The quantitative estimate of drug-likeness (QED) is 0.737. The van der Waals surface area contributed by atoms with Crippen LogP contribution in [0.5, 0.6) is 5.75 Å². The molecule has 1 rings (SSSR count). The van der Waals surface area contributed by atoms with Crippen molar-refractivity contribution in [2.75, 3.05) is 20.3 Å². The minimum absolute atomic E-state index is 0.468. The molecule has 0 amide bonds. The van der Waals surface area contributed by atoms with Crippen LogP contribution < -0.4 is 4.74 Å². The normalized spacial score (nSPS) is 10.8. The van der Waals surface area contributed by atoms with Gasteiger partial charge in [-0.25, -0.2) is 0 Å². The monoisotopic (exact) mass is 286 g/mol. The van der Waals surface area contributed by atoms with E-state index in [0.717, 1.165) is 23.2 Å². The second-order valence-electron chi connectivity index (χ2n) is 4.03. The van der Waals surface area contributed by atoms with Crippen LogP contribution in [0.25, 0.3) is 0 Å². The van der Waals surface area contributed by atoms with E-state index in [2.05, 4.69) is 35.8 Å². The first-order valence-corrected chi connectivity index (χ1v) is 6.35. The summed E-state index contributed by atoms with van der Waals surface area (Å²) in [6.07, 6.45) is 0.921. The summed E-state index contributed by atoms with van der Waals surface area (Å²) in [5.41, 5.74) is 1.24. The molecule has 1 aromatic carbocycles. The molecule has 0 radical (unpaired) electrons. The average Bonchev–Trinajstić information content (AvgIpc) is 2.26. The molecule has 0 N–H and O–H groups in total. The Bertz CT molecular complexity index is 324. The van der Waals surface area contributed by atoms with Gasteiger partial charge in [0.2, 0.25) is 0 Å². The first-order valence-electron chi connectivity index (χ1n) is 5.56. The number of rotatable bonds is 6. The van der Waals surface area contributed by atoms with Crippen LogP contribution in [-0.2, 0) is 4.74 Å². The highest BCUT2D eigenvalue weighted by atomic mass is 79.9. The molecule has 16 heavy (non-hydrogen) atoms. The Hall–Kier alpha value is -0.540. The van der Waals surface area contributed by atoms with Gasteiger partial charge in [-0.05, 0) is 29.7 Å². The topological polar surface area (TPSA) is 18.5 Å². The zero-order valence-electron chi connectivity index (χ0n) is 10.1. The molecule has 0 saturated heterocycles. The van der Waals surface area contributed by atoms with Crippen LogP contribution >= 0.6 is 15.9 Å². The fourth-order valence-corrected chi connectivity index (χ4v) is 1.87. The highest BCUT2D eigenvalue weighted by Gasteiger charge is 2.08. The van der Waals surface area contributed by atoms with E-state index >= 15 is 0 Å².